The van der Waals surface area contributed by atoms with Crippen molar-refractivity contribution in [3.8, 4) is 0 Å². The quantitative estimate of drug-likeness (QED) is 0.784. The maximum Gasteiger partial charge on any atom is 0.0926 e. The van der Waals surface area contributed by atoms with Crippen molar-refractivity contribution in [2.75, 3.05) is 6.54 Å². The number of hydrogen-bond donors (Lipinski definition) is 1. The fourth-order valence-electron chi connectivity index (χ4n) is 4.03. The summed E-state index contributed by atoms with van der Waals surface area (Å²) < 4.78 is 2.13. The van der Waals surface area contributed by atoms with Gasteiger partial charge in [0.1, 0.15) is 0 Å². The van der Waals surface area contributed by atoms with Crippen molar-refractivity contribution in [3.05, 3.63) is 64.8 Å². The summed E-state index contributed by atoms with van der Waals surface area (Å²) in [4.78, 5) is 14.8. The van der Waals surface area contributed by atoms with Crippen LogP contribution in [0.2, 0.25) is 0 Å². The van der Waals surface area contributed by atoms with Crippen LogP contribution in [0.5, 0.6) is 0 Å². The van der Waals surface area contributed by atoms with Crippen molar-refractivity contribution in [1.82, 2.24) is 29.6 Å². The summed E-state index contributed by atoms with van der Waals surface area (Å²) >= 11 is 0. The van der Waals surface area contributed by atoms with Gasteiger partial charge in [-0.05, 0) is 39.3 Å². The van der Waals surface area contributed by atoms with E-state index in [0.29, 0.717) is 6.04 Å². The Morgan fingerprint density at radius 3 is 2.85 bits per heavy atom. The number of hydrogen-bond acceptors (Lipinski definition) is 4. The fraction of sp³-hybridized carbons (Fsp3) is 0.450. The molecule has 1 aliphatic heterocycles. The maximum atomic E-state index is 4.76. The third kappa shape index (κ3) is 2.84. The number of rotatable bonds is 4. The summed E-state index contributed by atoms with van der Waals surface area (Å²) in [7, 11) is 0. The highest BCUT2D eigenvalue weighted by Gasteiger charge is 2.32. The van der Waals surface area contributed by atoms with Gasteiger partial charge in [-0.1, -0.05) is 6.07 Å². The average molecular weight is 350 g/mol. The van der Waals surface area contributed by atoms with Gasteiger partial charge in [0.2, 0.25) is 0 Å². The van der Waals surface area contributed by atoms with Crippen LogP contribution in [0.15, 0.2) is 30.9 Å². The number of fused-ring (bicyclic) bond motifs is 1. The van der Waals surface area contributed by atoms with E-state index in [2.05, 4.69) is 58.3 Å². The Labute approximate surface area is 154 Å². The molecule has 4 rings (SSSR count). The summed E-state index contributed by atoms with van der Waals surface area (Å²) in [5, 5.41) is 4.76. The average Bonchev–Trinajstić information content (AvgIpc) is 3.22. The predicted molar refractivity (Wildman–Crippen MR) is 101 cm³/mol. The van der Waals surface area contributed by atoms with Crippen LogP contribution < -0.4 is 0 Å². The lowest BCUT2D eigenvalue weighted by Crippen LogP contribution is -2.36. The van der Waals surface area contributed by atoms with Crippen molar-refractivity contribution in [2.45, 2.75) is 52.7 Å². The molecule has 0 spiro atoms. The van der Waals surface area contributed by atoms with Crippen molar-refractivity contribution >= 4 is 0 Å². The van der Waals surface area contributed by atoms with Crippen LogP contribution in [0.1, 0.15) is 59.8 Å². The normalized spacial score (nSPS) is 17.7. The van der Waals surface area contributed by atoms with E-state index in [1.165, 1.54) is 22.5 Å². The topological polar surface area (TPSA) is 62.6 Å². The summed E-state index contributed by atoms with van der Waals surface area (Å²) in [6, 6.07) is 4.64. The smallest absolute Gasteiger partial charge is 0.0926 e. The number of imidazole rings is 1. The third-order valence-electron chi connectivity index (χ3n) is 5.35. The third-order valence-corrected chi connectivity index (χ3v) is 5.35. The molecule has 1 N–H and O–H groups in total. The summed E-state index contributed by atoms with van der Waals surface area (Å²) in [5.74, 6) is 0. The van der Waals surface area contributed by atoms with Crippen LogP contribution in [0.25, 0.3) is 0 Å². The molecule has 0 saturated carbocycles. The minimum atomic E-state index is 0.125. The molecule has 26 heavy (non-hydrogen) atoms. The van der Waals surface area contributed by atoms with Gasteiger partial charge in [-0.3, -0.25) is 14.6 Å². The maximum absolute atomic E-state index is 4.76. The van der Waals surface area contributed by atoms with E-state index in [4.69, 9.17) is 5.10 Å². The molecule has 1 atom stereocenters. The van der Waals surface area contributed by atoms with Gasteiger partial charge in [-0.2, -0.15) is 5.10 Å². The van der Waals surface area contributed by atoms with E-state index >= 15 is 0 Å². The first kappa shape index (κ1) is 17.0. The Morgan fingerprint density at radius 1 is 1.31 bits per heavy atom. The standard InChI is InChI=1S/C20H26N6/c1-13(2)26-15(4)17(14(3)24-26)11-25-9-7-18-19(23-12-22-18)20(25)16-6-5-8-21-10-16/h5-6,8,10,12-13,20H,7,9,11H2,1-4H3,(H,22,23)/t20-/m0/s1. The summed E-state index contributed by atoms with van der Waals surface area (Å²) in [6.45, 7) is 10.5. The van der Waals surface area contributed by atoms with Gasteiger partial charge in [0.05, 0.1) is 23.8 Å². The van der Waals surface area contributed by atoms with E-state index < -0.39 is 0 Å². The number of aromatic amines is 1. The van der Waals surface area contributed by atoms with Gasteiger partial charge >= 0.3 is 0 Å². The van der Waals surface area contributed by atoms with Gasteiger partial charge in [0.15, 0.2) is 0 Å². The first-order valence-electron chi connectivity index (χ1n) is 9.27. The van der Waals surface area contributed by atoms with Crippen molar-refractivity contribution in [1.29, 1.82) is 0 Å². The second-order valence-electron chi connectivity index (χ2n) is 7.36. The molecule has 4 heterocycles. The lowest BCUT2D eigenvalue weighted by atomic mass is 9.96. The number of aromatic nitrogens is 5. The zero-order valence-electron chi connectivity index (χ0n) is 15.9. The highest BCUT2D eigenvalue weighted by Crippen LogP contribution is 2.34. The van der Waals surface area contributed by atoms with Crippen LogP contribution in [-0.2, 0) is 13.0 Å². The van der Waals surface area contributed by atoms with Gasteiger partial charge in [-0.25, -0.2) is 4.98 Å². The monoisotopic (exact) mass is 350 g/mol. The molecule has 0 bridgehead atoms. The number of pyridine rings is 1. The van der Waals surface area contributed by atoms with Gasteiger partial charge < -0.3 is 4.98 Å². The van der Waals surface area contributed by atoms with Crippen molar-refractivity contribution in [3.63, 3.8) is 0 Å². The second-order valence-corrected chi connectivity index (χ2v) is 7.36. The number of nitrogens with zero attached hydrogens (tertiary/aromatic N) is 5. The van der Waals surface area contributed by atoms with Crippen molar-refractivity contribution in [2.24, 2.45) is 0 Å². The Morgan fingerprint density at radius 2 is 2.15 bits per heavy atom. The SMILES string of the molecule is Cc1nn(C(C)C)c(C)c1CN1CCc2[nH]cnc2[C@@H]1c1cccnc1. The molecule has 3 aromatic rings. The molecule has 0 radical (unpaired) electrons. The largest absolute Gasteiger partial charge is 0.348 e. The highest BCUT2D eigenvalue weighted by molar-refractivity contribution is 5.32. The van der Waals surface area contributed by atoms with E-state index in [0.717, 1.165) is 30.9 Å². The molecule has 3 aromatic heterocycles. The predicted octanol–water partition coefficient (Wildman–Crippen LogP) is 3.35. The molecular weight excluding hydrogens is 324 g/mol. The fourth-order valence-corrected chi connectivity index (χ4v) is 4.03. The first-order chi connectivity index (χ1) is 12.6. The Bertz CT molecular complexity index is 892. The van der Waals surface area contributed by atoms with E-state index in [9.17, 15) is 0 Å². The molecule has 0 saturated heterocycles. The van der Waals surface area contributed by atoms with Crippen LogP contribution in [0, 0.1) is 13.8 Å². The Hall–Kier alpha value is -2.47. The number of nitrogens with one attached hydrogen (secondary N) is 1. The zero-order chi connectivity index (χ0) is 18.3. The molecule has 6 heteroatoms. The molecule has 136 valence electrons. The van der Waals surface area contributed by atoms with E-state index in [1.54, 1.807) is 0 Å². The molecule has 0 aliphatic carbocycles. The van der Waals surface area contributed by atoms with Gasteiger partial charge in [-0.15, -0.1) is 0 Å². The van der Waals surface area contributed by atoms with Crippen LogP contribution in [0.3, 0.4) is 0 Å². The lowest BCUT2D eigenvalue weighted by molar-refractivity contribution is 0.199. The van der Waals surface area contributed by atoms with Crippen LogP contribution >= 0.6 is 0 Å². The van der Waals surface area contributed by atoms with E-state index in [1.807, 2.05) is 24.8 Å². The van der Waals surface area contributed by atoms with Gasteiger partial charge in [0.25, 0.3) is 0 Å². The molecule has 1 aliphatic rings. The molecule has 0 unspecified atom stereocenters. The minimum Gasteiger partial charge on any atom is -0.348 e. The Balaban J connectivity index is 1.72. The lowest BCUT2D eigenvalue weighted by Gasteiger charge is -2.35. The molecule has 0 amide bonds. The van der Waals surface area contributed by atoms with E-state index in [-0.39, 0.29) is 6.04 Å². The number of H-pyrrole nitrogens is 1. The highest BCUT2D eigenvalue weighted by atomic mass is 15.3. The summed E-state index contributed by atoms with van der Waals surface area (Å²) in [5.41, 5.74) is 7.25. The Kier molecular flexibility index (Phi) is 4.36. The second kappa shape index (κ2) is 6.68. The molecule has 0 fully saturated rings. The molecule has 0 aromatic carbocycles. The first-order valence-corrected chi connectivity index (χ1v) is 9.27. The van der Waals surface area contributed by atoms with Gasteiger partial charge in [0, 0.05) is 54.9 Å². The van der Waals surface area contributed by atoms with Crippen LogP contribution in [-0.4, -0.2) is 36.2 Å². The summed E-state index contributed by atoms with van der Waals surface area (Å²) in [6.07, 6.45) is 6.58. The molecular formula is C20H26N6. The minimum absolute atomic E-state index is 0.125. The zero-order valence-corrected chi connectivity index (χ0v) is 15.9. The van der Waals surface area contributed by atoms with Crippen molar-refractivity contribution < 1.29 is 0 Å². The van der Waals surface area contributed by atoms with Crippen LogP contribution in [0.4, 0.5) is 0 Å². The number of aryl methyl sites for hydroxylation is 1. The molecule has 6 nitrogen and oxygen atoms in total.